The molecule has 1 heterocycles. The Morgan fingerprint density at radius 2 is 1.93 bits per heavy atom. The topological polar surface area (TPSA) is 53.0 Å². The second-order valence-electron chi connectivity index (χ2n) is 6.65. The fourth-order valence-electron chi connectivity index (χ4n) is 3.34. The van der Waals surface area contributed by atoms with Crippen LogP contribution in [0, 0.1) is 5.82 Å². The number of rotatable bonds is 7. The molecule has 1 saturated heterocycles. The summed E-state index contributed by atoms with van der Waals surface area (Å²) in [5.74, 6) is -0.160. The van der Waals surface area contributed by atoms with E-state index in [0.717, 1.165) is 31.9 Å². The molecule has 0 aromatic heterocycles. The SMILES string of the molecule is COc1ccc(C=CC(=O)c2ccccc2N2CCN(CCO)CC2)c(F)c1. The first-order valence-electron chi connectivity index (χ1n) is 9.35. The molecule has 28 heavy (non-hydrogen) atoms. The summed E-state index contributed by atoms with van der Waals surface area (Å²) in [4.78, 5) is 17.2. The summed E-state index contributed by atoms with van der Waals surface area (Å²) in [6.45, 7) is 4.10. The zero-order chi connectivity index (χ0) is 19.9. The molecule has 0 radical (unpaired) electrons. The van der Waals surface area contributed by atoms with Crippen LogP contribution in [-0.2, 0) is 0 Å². The lowest BCUT2D eigenvalue weighted by atomic mass is 10.0. The number of allylic oxidation sites excluding steroid dienone is 1. The van der Waals surface area contributed by atoms with Crippen LogP contribution < -0.4 is 9.64 Å². The number of aliphatic hydroxyl groups excluding tert-OH is 1. The molecule has 0 saturated carbocycles. The maximum Gasteiger partial charge on any atom is 0.187 e. The molecule has 0 bridgehead atoms. The Labute approximate surface area is 164 Å². The van der Waals surface area contributed by atoms with Gasteiger partial charge in [-0.15, -0.1) is 0 Å². The van der Waals surface area contributed by atoms with Gasteiger partial charge in [0, 0.05) is 55.6 Å². The quantitative estimate of drug-likeness (QED) is 0.588. The van der Waals surface area contributed by atoms with Gasteiger partial charge in [0.15, 0.2) is 5.78 Å². The second kappa shape index (κ2) is 9.48. The molecule has 0 atom stereocenters. The fraction of sp³-hybridized carbons (Fsp3) is 0.318. The van der Waals surface area contributed by atoms with Crippen LogP contribution >= 0.6 is 0 Å². The minimum Gasteiger partial charge on any atom is -0.497 e. The Kier molecular flexibility index (Phi) is 6.79. The second-order valence-corrected chi connectivity index (χ2v) is 6.65. The number of piperazine rings is 1. The van der Waals surface area contributed by atoms with Gasteiger partial charge in [-0.25, -0.2) is 4.39 Å². The molecule has 1 aliphatic rings. The van der Waals surface area contributed by atoms with Crippen LogP contribution in [0.3, 0.4) is 0 Å². The minimum absolute atomic E-state index is 0.155. The van der Waals surface area contributed by atoms with Gasteiger partial charge in [-0.05, 0) is 36.4 Å². The number of β-amino-alcohol motifs (C(OH)–C–C–N with tert-alkyl or cyclic N) is 1. The van der Waals surface area contributed by atoms with E-state index in [1.807, 2.05) is 18.2 Å². The van der Waals surface area contributed by atoms with E-state index in [0.29, 0.717) is 23.4 Å². The molecule has 0 amide bonds. The Morgan fingerprint density at radius 1 is 1.18 bits per heavy atom. The largest absolute Gasteiger partial charge is 0.497 e. The number of para-hydroxylation sites is 1. The average Bonchev–Trinajstić information content (AvgIpc) is 2.73. The van der Waals surface area contributed by atoms with E-state index in [2.05, 4.69) is 9.80 Å². The number of benzene rings is 2. The molecule has 2 aromatic rings. The van der Waals surface area contributed by atoms with Crippen molar-refractivity contribution in [1.82, 2.24) is 4.90 Å². The summed E-state index contributed by atoms with van der Waals surface area (Å²) in [5.41, 5.74) is 1.82. The lowest BCUT2D eigenvalue weighted by molar-refractivity contribution is 0.104. The van der Waals surface area contributed by atoms with Crippen LogP contribution in [0.1, 0.15) is 15.9 Å². The molecule has 6 heteroatoms. The third-order valence-electron chi connectivity index (χ3n) is 4.92. The minimum atomic E-state index is -0.434. The number of carbonyl (C=O) groups is 1. The van der Waals surface area contributed by atoms with Gasteiger partial charge in [-0.1, -0.05) is 12.1 Å². The first kappa shape index (κ1) is 20.0. The summed E-state index contributed by atoms with van der Waals surface area (Å²) in [6.07, 6.45) is 2.90. The molecule has 1 N–H and O–H groups in total. The first-order valence-corrected chi connectivity index (χ1v) is 9.35. The van der Waals surface area contributed by atoms with Gasteiger partial charge in [0.1, 0.15) is 11.6 Å². The lowest BCUT2D eigenvalue weighted by Gasteiger charge is -2.36. The highest BCUT2D eigenvalue weighted by atomic mass is 19.1. The van der Waals surface area contributed by atoms with E-state index in [1.54, 1.807) is 18.2 Å². The molecule has 0 unspecified atom stereocenters. The van der Waals surface area contributed by atoms with Crippen molar-refractivity contribution in [2.75, 3.05) is 51.3 Å². The number of hydrogen-bond acceptors (Lipinski definition) is 5. The number of nitrogens with zero attached hydrogens (tertiary/aromatic N) is 2. The van der Waals surface area contributed by atoms with Crippen LogP contribution in [0.4, 0.5) is 10.1 Å². The Hall–Kier alpha value is -2.70. The van der Waals surface area contributed by atoms with E-state index >= 15 is 0 Å². The summed E-state index contributed by atoms with van der Waals surface area (Å²) < 4.78 is 19.1. The zero-order valence-electron chi connectivity index (χ0n) is 16.0. The van der Waals surface area contributed by atoms with E-state index in [4.69, 9.17) is 9.84 Å². The number of carbonyl (C=O) groups excluding carboxylic acids is 1. The predicted molar refractivity (Wildman–Crippen MR) is 108 cm³/mol. The average molecular weight is 384 g/mol. The summed E-state index contributed by atoms with van der Waals surface area (Å²) in [7, 11) is 1.48. The van der Waals surface area contributed by atoms with Gasteiger partial charge in [0.25, 0.3) is 0 Å². The number of methoxy groups -OCH3 is 1. The molecular formula is C22H25FN2O3. The number of anilines is 1. The third kappa shape index (κ3) is 4.77. The Balaban J connectivity index is 1.74. The van der Waals surface area contributed by atoms with Crippen LogP contribution in [0.5, 0.6) is 5.75 Å². The van der Waals surface area contributed by atoms with Crippen molar-refractivity contribution in [1.29, 1.82) is 0 Å². The van der Waals surface area contributed by atoms with Gasteiger partial charge in [-0.2, -0.15) is 0 Å². The highest BCUT2D eigenvalue weighted by Crippen LogP contribution is 2.23. The molecule has 0 spiro atoms. The smallest absolute Gasteiger partial charge is 0.187 e. The van der Waals surface area contributed by atoms with Crippen LogP contribution in [0.2, 0.25) is 0 Å². The van der Waals surface area contributed by atoms with Gasteiger partial charge in [0.05, 0.1) is 13.7 Å². The van der Waals surface area contributed by atoms with E-state index in [9.17, 15) is 9.18 Å². The molecule has 0 aliphatic carbocycles. The Bertz CT molecular complexity index is 845. The normalized spacial score (nSPS) is 15.2. The maximum absolute atomic E-state index is 14.1. The van der Waals surface area contributed by atoms with Crippen molar-refractivity contribution in [2.24, 2.45) is 0 Å². The number of ether oxygens (including phenoxy) is 1. The number of ketones is 1. The van der Waals surface area contributed by atoms with Crippen LogP contribution in [0.25, 0.3) is 6.08 Å². The van der Waals surface area contributed by atoms with Crippen molar-refractivity contribution >= 4 is 17.5 Å². The Morgan fingerprint density at radius 3 is 2.61 bits per heavy atom. The predicted octanol–water partition coefficient (Wildman–Crippen LogP) is 2.84. The molecule has 3 rings (SSSR count). The van der Waals surface area contributed by atoms with Crippen LogP contribution in [-0.4, -0.2) is 62.2 Å². The summed E-state index contributed by atoms with van der Waals surface area (Å²) >= 11 is 0. The lowest BCUT2D eigenvalue weighted by Crippen LogP contribution is -2.47. The number of hydrogen-bond donors (Lipinski definition) is 1. The highest BCUT2D eigenvalue weighted by Gasteiger charge is 2.20. The first-order chi connectivity index (χ1) is 13.6. The molecule has 2 aromatic carbocycles. The fourth-order valence-corrected chi connectivity index (χ4v) is 3.34. The van der Waals surface area contributed by atoms with Gasteiger partial charge in [-0.3, -0.25) is 9.69 Å². The number of halogens is 1. The van der Waals surface area contributed by atoms with Crippen molar-refractivity contribution in [3.05, 3.63) is 65.5 Å². The maximum atomic E-state index is 14.1. The zero-order valence-corrected chi connectivity index (χ0v) is 16.0. The number of aliphatic hydroxyl groups is 1. The molecule has 5 nitrogen and oxygen atoms in total. The summed E-state index contributed by atoms with van der Waals surface area (Å²) in [5, 5.41) is 9.08. The molecule has 1 fully saturated rings. The van der Waals surface area contributed by atoms with Gasteiger partial charge in [0.2, 0.25) is 0 Å². The summed E-state index contributed by atoms with van der Waals surface area (Å²) in [6, 6.07) is 12.0. The molecule has 1 aliphatic heterocycles. The van der Waals surface area contributed by atoms with Crippen molar-refractivity contribution in [3.63, 3.8) is 0 Å². The van der Waals surface area contributed by atoms with Gasteiger partial charge < -0.3 is 14.7 Å². The van der Waals surface area contributed by atoms with Crippen molar-refractivity contribution in [2.45, 2.75) is 0 Å². The monoisotopic (exact) mass is 384 g/mol. The van der Waals surface area contributed by atoms with E-state index < -0.39 is 5.82 Å². The van der Waals surface area contributed by atoms with E-state index in [-0.39, 0.29) is 12.4 Å². The molecular weight excluding hydrogens is 359 g/mol. The van der Waals surface area contributed by atoms with Crippen LogP contribution in [0.15, 0.2) is 48.5 Å². The van der Waals surface area contributed by atoms with Gasteiger partial charge >= 0.3 is 0 Å². The van der Waals surface area contributed by atoms with Crippen molar-refractivity contribution < 1.29 is 19.0 Å². The third-order valence-corrected chi connectivity index (χ3v) is 4.92. The van der Waals surface area contributed by atoms with Crippen molar-refractivity contribution in [3.8, 4) is 5.75 Å². The molecule has 148 valence electrons. The van der Waals surface area contributed by atoms with E-state index in [1.165, 1.54) is 25.3 Å². The highest BCUT2D eigenvalue weighted by molar-refractivity contribution is 6.10. The standard InChI is InChI=1S/C22H25FN2O3/c1-28-18-8-6-17(20(23)16-18)7-9-22(27)19-4-2-3-5-21(19)25-12-10-24(11-13-25)14-15-26/h2-9,16,26H,10-15H2,1H3.